The summed E-state index contributed by atoms with van der Waals surface area (Å²) in [5, 5.41) is 19.3. The zero-order chi connectivity index (χ0) is 20.4. The Morgan fingerprint density at radius 2 is 2.07 bits per heavy atom. The van der Waals surface area contributed by atoms with Gasteiger partial charge in [-0.2, -0.15) is 5.26 Å². The van der Waals surface area contributed by atoms with Gasteiger partial charge in [-0.1, -0.05) is 35.5 Å². The average Bonchev–Trinajstić information content (AvgIpc) is 2.95. The summed E-state index contributed by atoms with van der Waals surface area (Å²) in [6.45, 7) is 8.44. The summed E-state index contributed by atoms with van der Waals surface area (Å²) >= 11 is 1.48. The highest BCUT2D eigenvalue weighted by Crippen LogP contribution is 2.41. The minimum Gasteiger partial charge on any atom is -0.386 e. The Hall–Kier alpha value is -2.69. The smallest absolute Gasteiger partial charge is 0.265 e. The number of fused-ring (bicyclic) bond motifs is 1. The van der Waals surface area contributed by atoms with Crippen LogP contribution in [-0.4, -0.2) is 24.3 Å². The van der Waals surface area contributed by atoms with Crippen LogP contribution < -0.4 is 10.6 Å². The van der Waals surface area contributed by atoms with Crippen LogP contribution >= 0.6 is 11.3 Å². The van der Waals surface area contributed by atoms with Crippen LogP contribution in [0.2, 0.25) is 0 Å². The summed E-state index contributed by atoms with van der Waals surface area (Å²) in [6, 6.07) is 11.8. The molecule has 1 aromatic carbocycles. The Bertz CT molecular complexity index is 939. The van der Waals surface area contributed by atoms with Crippen molar-refractivity contribution in [1.29, 1.82) is 5.26 Å². The third-order valence-corrected chi connectivity index (χ3v) is 6.10. The van der Waals surface area contributed by atoms with Crippen molar-refractivity contribution < 1.29 is 14.9 Å². The molecule has 0 saturated heterocycles. The van der Waals surface area contributed by atoms with Gasteiger partial charge in [0.2, 0.25) is 0 Å². The highest BCUT2D eigenvalue weighted by atomic mass is 32.1. The number of oxime groups is 1. The van der Waals surface area contributed by atoms with Gasteiger partial charge < -0.3 is 15.5 Å². The van der Waals surface area contributed by atoms with Crippen molar-refractivity contribution in [2.24, 2.45) is 5.16 Å². The predicted octanol–water partition coefficient (Wildman–Crippen LogP) is 2.74. The maximum Gasteiger partial charge on any atom is 0.265 e. The monoisotopic (exact) mass is 397 g/mol. The summed E-state index contributed by atoms with van der Waals surface area (Å²) in [4.78, 5) is 18.5. The van der Waals surface area contributed by atoms with Crippen LogP contribution in [-0.2, 0) is 21.6 Å². The summed E-state index contributed by atoms with van der Waals surface area (Å²) in [5.74, 6) is -0.332. The Morgan fingerprint density at radius 1 is 1.36 bits per heavy atom. The lowest BCUT2D eigenvalue weighted by molar-refractivity contribution is -0.789. The van der Waals surface area contributed by atoms with E-state index in [1.54, 1.807) is 6.21 Å². The van der Waals surface area contributed by atoms with Gasteiger partial charge in [-0.3, -0.25) is 4.79 Å². The first-order chi connectivity index (χ1) is 13.2. The standard InChI is InChI=1S/C21H24N4O2S/c1-20(2)10-15-16(11-22)19(28-18(15)21(3,4)25-20)24-17(26)13-27-23-12-14-8-6-5-7-9-14/h5-9,12,25H,10,13H2,1-4H3,(H,24,26)/p+1. The molecule has 6 nitrogen and oxygen atoms in total. The number of carbonyl (C=O) groups is 1. The average molecular weight is 398 g/mol. The molecule has 0 spiro atoms. The van der Waals surface area contributed by atoms with Crippen molar-refractivity contribution in [2.75, 3.05) is 11.9 Å². The fourth-order valence-corrected chi connectivity index (χ4v) is 5.06. The fraction of sp³-hybridized carbons (Fsp3) is 0.381. The number of nitrogens with two attached hydrogens (primary N) is 1. The van der Waals surface area contributed by atoms with E-state index >= 15 is 0 Å². The van der Waals surface area contributed by atoms with Crippen LogP contribution in [0, 0.1) is 11.3 Å². The first-order valence-electron chi connectivity index (χ1n) is 9.15. The number of hydrogen-bond acceptors (Lipinski definition) is 5. The number of thiophene rings is 1. The normalized spacial score (nSPS) is 17.0. The first kappa shape index (κ1) is 20.1. The number of nitrogens with one attached hydrogen (secondary N) is 1. The van der Waals surface area contributed by atoms with Crippen LogP contribution in [0.3, 0.4) is 0 Å². The van der Waals surface area contributed by atoms with E-state index in [0.29, 0.717) is 10.6 Å². The second-order valence-corrected chi connectivity index (χ2v) is 9.24. The number of anilines is 1. The van der Waals surface area contributed by atoms with E-state index in [0.717, 1.165) is 22.4 Å². The maximum absolute atomic E-state index is 12.3. The Kier molecular flexibility index (Phi) is 5.54. The molecular formula is C21H25N4O2S+. The highest BCUT2D eigenvalue weighted by molar-refractivity contribution is 7.16. The van der Waals surface area contributed by atoms with Gasteiger partial charge in [-0.25, -0.2) is 0 Å². The molecule has 0 aliphatic carbocycles. The van der Waals surface area contributed by atoms with Gasteiger partial charge in [0.05, 0.1) is 22.2 Å². The molecule has 0 radical (unpaired) electrons. The number of nitrogens with zero attached hydrogens (tertiary/aromatic N) is 2. The van der Waals surface area contributed by atoms with E-state index in [1.165, 1.54) is 11.3 Å². The molecular weight excluding hydrogens is 372 g/mol. The van der Waals surface area contributed by atoms with Crippen LogP contribution in [0.1, 0.15) is 49.3 Å². The Morgan fingerprint density at radius 3 is 2.75 bits per heavy atom. The van der Waals surface area contributed by atoms with Crippen molar-refractivity contribution in [1.82, 2.24) is 0 Å². The molecule has 1 aliphatic rings. The van der Waals surface area contributed by atoms with Crippen molar-refractivity contribution in [3.63, 3.8) is 0 Å². The summed E-state index contributed by atoms with van der Waals surface area (Å²) < 4.78 is 0. The van der Waals surface area contributed by atoms with Crippen molar-refractivity contribution >= 4 is 28.5 Å². The molecule has 28 heavy (non-hydrogen) atoms. The summed E-state index contributed by atoms with van der Waals surface area (Å²) in [5.41, 5.74) is 2.35. The van der Waals surface area contributed by atoms with E-state index in [9.17, 15) is 10.1 Å². The van der Waals surface area contributed by atoms with Gasteiger partial charge >= 0.3 is 0 Å². The van der Waals surface area contributed by atoms with E-state index in [2.05, 4.69) is 49.6 Å². The molecule has 1 amide bonds. The molecule has 0 saturated carbocycles. The van der Waals surface area contributed by atoms with E-state index in [1.807, 2.05) is 30.3 Å². The molecule has 0 atom stereocenters. The quantitative estimate of drug-likeness (QED) is 0.600. The number of rotatable bonds is 5. The molecule has 1 aromatic heterocycles. The molecule has 3 N–H and O–H groups in total. The molecule has 0 bridgehead atoms. The maximum atomic E-state index is 12.3. The van der Waals surface area contributed by atoms with Crippen LogP contribution in [0.15, 0.2) is 35.5 Å². The third kappa shape index (κ3) is 4.41. The number of amides is 1. The Balaban J connectivity index is 1.69. The summed E-state index contributed by atoms with van der Waals surface area (Å²) in [7, 11) is 0. The largest absolute Gasteiger partial charge is 0.386 e. The topological polar surface area (TPSA) is 91.1 Å². The number of hydrogen-bond donors (Lipinski definition) is 2. The van der Waals surface area contributed by atoms with Gasteiger partial charge in [-0.05, 0) is 38.8 Å². The molecule has 7 heteroatoms. The van der Waals surface area contributed by atoms with Crippen LogP contribution in [0.4, 0.5) is 5.00 Å². The number of quaternary nitrogens is 1. The number of carbonyl (C=O) groups excluding carboxylic acids is 1. The number of nitriles is 1. The lowest BCUT2D eigenvalue weighted by Crippen LogP contribution is -3.03. The zero-order valence-corrected chi connectivity index (χ0v) is 17.4. The van der Waals surface area contributed by atoms with E-state index in [4.69, 9.17) is 4.84 Å². The third-order valence-electron chi connectivity index (χ3n) is 4.61. The highest BCUT2D eigenvalue weighted by Gasteiger charge is 2.44. The van der Waals surface area contributed by atoms with Crippen molar-refractivity contribution in [3.05, 3.63) is 51.9 Å². The SMILES string of the molecule is CC1(C)Cc2c(sc(NC(=O)CON=Cc3ccccc3)c2C#N)C(C)(C)[NH2+]1. The predicted molar refractivity (Wildman–Crippen MR) is 110 cm³/mol. The fourth-order valence-electron chi connectivity index (χ4n) is 3.81. The first-order valence-corrected chi connectivity index (χ1v) is 9.97. The van der Waals surface area contributed by atoms with Gasteiger partial charge in [0.25, 0.3) is 5.91 Å². The van der Waals surface area contributed by atoms with Crippen LogP contribution in [0.5, 0.6) is 0 Å². The van der Waals surface area contributed by atoms with Crippen LogP contribution in [0.25, 0.3) is 0 Å². The molecule has 2 heterocycles. The van der Waals surface area contributed by atoms with Crippen molar-refractivity contribution in [2.45, 2.75) is 45.2 Å². The van der Waals surface area contributed by atoms with Gasteiger partial charge in [0, 0.05) is 6.42 Å². The minimum atomic E-state index is -0.332. The van der Waals surface area contributed by atoms with Crippen molar-refractivity contribution in [3.8, 4) is 6.07 Å². The zero-order valence-electron chi connectivity index (χ0n) is 16.6. The lowest BCUT2D eigenvalue weighted by Gasteiger charge is -2.38. The molecule has 0 unspecified atom stereocenters. The second-order valence-electron chi connectivity index (χ2n) is 8.22. The van der Waals surface area contributed by atoms with Gasteiger partial charge in [-0.15, -0.1) is 11.3 Å². The molecule has 0 fully saturated rings. The number of benzene rings is 1. The second kappa shape index (κ2) is 7.74. The Labute approximate surface area is 169 Å². The summed E-state index contributed by atoms with van der Waals surface area (Å²) in [6.07, 6.45) is 2.34. The van der Waals surface area contributed by atoms with Gasteiger partial charge in [0.15, 0.2) is 6.61 Å². The molecule has 1 aliphatic heterocycles. The van der Waals surface area contributed by atoms with E-state index < -0.39 is 0 Å². The van der Waals surface area contributed by atoms with E-state index in [-0.39, 0.29) is 23.6 Å². The molecule has 146 valence electrons. The van der Waals surface area contributed by atoms with Gasteiger partial charge in [0.1, 0.15) is 16.6 Å². The minimum absolute atomic E-state index is 0.000281. The molecule has 3 rings (SSSR count). The molecule has 2 aromatic rings. The lowest BCUT2D eigenvalue weighted by atomic mass is 9.81.